The SMILES string of the molecule is c1ccc(-n2c3ccccc3c3cc4c5ccc(-c6ccc(-c7ccc8c(c7)sc7ccccc78)cc6)cc5c5ccccc5c4cc32)cc1. The lowest BCUT2D eigenvalue weighted by molar-refractivity contribution is 1.18. The lowest BCUT2D eigenvalue weighted by atomic mass is 9.91. The van der Waals surface area contributed by atoms with Gasteiger partial charge in [-0.2, -0.15) is 0 Å². The van der Waals surface area contributed by atoms with Crippen LogP contribution in [0.5, 0.6) is 0 Å². The molecule has 9 aromatic carbocycles. The van der Waals surface area contributed by atoms with Gasteiger partial charge < -0.3 is 4.57 Å². The van der Waals surface area contributed by atoms with Crippen LogP contribution in [0.2, 0.25) is 0 Å². The molecule has 2 aromatic heterocycles. The van der Waals surface area contributed by atoms with E-state index >= 15 is 0 Å². The molecule has 0 N–H and O–H groups in total. The van der Waals surface area contributed by atoms with Gasteiger partial charge in [-0.1, -0.05) is 127 Å². The highest BCUT2D eigenvalue weighted by Gasteiger charge is 2.17. The molecule has 0 aliphatic carbocycles. The Bertz CT molecular complexity index is 3130. The zero-order valence-corrected chi connectivity index (χ0v) is 27.9. The van der Waals surface area contributed by atoms with E-state index in [1.54, 1.807) is 0 Å². The summed E-state index contributed by atoms with van der Waals surface area (Å²) in [5.41, 5.74) is 8.60. The first-order chi connectivity index (χ1) is 24.8. The summed E-state index contributed by atoms with van der Waals surface area (Å²) in [4.78, 5) is 0. The molecule has 0 saturated carbocycles. The monoisotopic (exact) mass is 651 g/mol. The van der Waals surface area contributed by atoms with Crippen molar-refractivity contribution in [1.29, 1.82) is 0 Å². The normalized spacial score (nSPS) is 12.0. The molecule has 0 atom stereocenters. The second-order valence-corrected chi connectivity index (χ2v) is 14.4. The third kappa shape index (κ3) is 4.06. The number of aromatic nitrogens is 1. The molecule has 0 aliphatic heterocycles. The van der Waals surface area contributed by atoms with Gasteiger partial charge in [0, 0.05) is 36.6 Å². The number of nitrogens with zero attached hydrogens (tertiary/aromatic N) is 1. The fraction of sp³-hybridized carbons (Fsp3) is 0. The van der Waals surface area contributed by atoms with Crippen LogP contribution in [0.4, 0.5) is 0 Å². The highest BCUT2D eigenvalue weighted by Crippen LogP contribution is 2.42. The van der Waals surface area contributed by atoms with Crippen molar-refractivity contribution in [2.24, 2.45) is 0 Å². The van der Waals surface area contributed by atoms with E-state index in [-0.39, 0.29) is 0 Å². The number of para-hydroxylation sites is 2. The van der Waals surface area contributed by atoms with Gasteiger partial charge in [0.05, 0.1) is 11.0 Å². The molecule has 0 radical (unpaired) electrons. The van der Waals surface area contributed by atoms with Crippen molar-refractivity contribution in [3.05, 3.63) is 176 Å². The van der Waals surface area contributed by atoms with E-state index in [9.17, 15) is 0 Å². The predicted octanol–water partition coefficient (Wildman–Crippen LogP) is 13.9. The number of thiophene rings is 1. The van der Waals surface area contributed by atoms with Crippen molar-refractivity contribution in [3.63, 3.8) is 0 Å². The van der Waals surface area contributed by atoms with Gasteiger partial charge >= 0.3 is 0 Å². The molecule has 0 spiro atoms. The van der Waals surface area contributed by atoms with E-state index < -0.39 is 0 Å². The van der Waals surface area contributed by atoms with Crippen molar-refractivity contribution in [1.82, 2.24) is 4.57 Å². The van der Waals surface area contributed by atoms with Crippen LogP contribution in [0.15, 0.2) is 176 Å². The van der Waals surface area contributed by atoms with Gasteiger partial charge in [0.25, 0.3) is 0 Å². The Morgan fingerprint density at radius 2 is 0.800 bits per heavy atom. The fourth-order valence-electron chi connectivity index (χ4n) is 8.21. The fourth-order valence-corrected chi connectivity index (χ4v) is 9.36. The molecule has 0 aliphatic rings. The summed E-state index contributed by atoms with van der Waals surface area (Å²) in [5, 5.41) is 13.0. The van der Waals surface area contributed by atoms with Gasteiger partial charge in [0.15, 0.2) is 0 Å². The second kappa shape index (κ2) is 10.6. The maximum atomic E-state index is 2.43. The molecule has 0 unspecified atom stereocenters. The molecule has 2 heteroatoms. The molecular formula is C48H29NS. The highest BCUT2D eigenvalue weighted by atomic mass is 32.1. The van der Waals surface area contributed by atoms with Crippen molar-refractivity contribution >= 4 is 85.6 Å². The third-order valence-electron chi connectivity index (χ3n) is 10.6. The van der Waals surface area contributed by atoms with Crippen molar-refractivity contribution in [2.45, 2.75) is 0 Å². The molecule has 2 heterocycles. The first-order valence-electron chi connectivity index (χ1n) is 17.2. The minimum Gasteiger partial charge on any atom is -0.309 e. The van der Waals surface area contributed by atoms with Gasteiger partial charge in [0.2, 0.25) is 0 Å². The molecular weight excluding hydrogens is 623 g/mol. The third-order valence-corrected chi connectivity index (χ3v) is 11.7. The zero-order valence-electron chi connectivity index (χ0n) is 27.1. The molecule has 0 saturated heterocycles. The summed E-state index contributed by atoms with van der Waals surface area (Å²) in [6, 6.07) is 65.0. The highest BCUT2D eigenvalue weighted by molar-refractivity contribution is 7.25. The van der Waals surface area contributed by atoms with Crippen LogP contribution < -0.4 is 0 Å². The molecule has 50 heavy (non-hydrogen) atoms. The average Bonchev–Trinajstić information content (AvgIpc) is 3.72. The van der Waals surface area contributed by atoms with Crippen molar-refractivity contribution in [2.75, 3.05) is 0 Å². The first kappa shape index (κ1) is 27.7. The summed E-state index contributed by atoms with van der Waals surface area (Å²) < 4.78 is 5.09. The van der Waals surface area contributed by atoms with Crippen LogP contribution in [-0.4, -0.2) is 4.57 Å². The van der Waals surface area contributed by atoms with Crippen LogP contribution in [0.3, 0.4) is 0 Å². The zero-order chi connectivity index (χ0) is 32.8. The van der Waals surface area contributed by atoms with Crippen molar-refractivity contribution in [3.8, 4) is 27.9 Å². The number of hydrogen-bond donors (Lipinski definition) is 0. The summed E-state index contributed by atoms with van der Waals surface area (Å²) in [6.45, 7) is 0. The van der Waals surface area contributed by atoms with E-state index in [0.29, 0.717) is 0 Å². The summed E-state index contributed by atoms with van der Waals surface area (Å²) in [7, 11) is 0. The standard InChI is InChI=1S/C48H29NS/c1-2-10-34(11-3-1)49-45-16-8-6-14-38(45)44-28-42-37-24-22-32(26-41(37)35-12-4-5-13-36(35)43(42)29-46(44)49)30-18-20-31(21-19-30)33-23-25-40-39-15-7-9-17-47(39)50-48(40)27-33/h1-29H. The Morgan fingerprint density at radius 3 is 1.56 bits per heavy atom. The van der Waals surface area contributed by atoms with Gasteiger partial charge in [0.1, 0.15) is 0 Å². The predicted molar refractivity (Wildman–Crippen MR) is 217 cm³/mol. The molecule has 0 fully saturated rings. The van der Waals surface area contributed by atoms with Gasteiger partial charge in [-0.05, 0) is 103 Å². The molecule has 11 aromatic rings. The maximum absolute atomic E-state index is 2.43. The minimum absolute atomic E-state index is 1.18. The van der Waals surface area contributed by atoms with Crippen LogP contribution in [0.1, 0.15) is 0 Å². The Morgan fingerprint density at radius 1 is 0.280 bits per heavy atom. The summed E-state index contributed by atoms with van der Waals surface area (Å²) >= 11 is 1.87. The number of rotatable bonds is 3. The Kier molecular flexibility index (Phi) is 5.89. The van der Waals surface area contributed by atoms with E-state index in [1.165, 1.54) is 102 Å². The van der Waals surface area contributed by atoms with Gasteiger partial charge in [-0.15, -0.1) is 11.3 Å². The smallest absolute Gasteiger partial charge is 0.0547 e. The van der Waals surface area contributed by atoms with Crippen LogP contribution in [-0.2, 0) is 0 Å². The largest absolute Gasteiger partial charge is 0.309 e. The molecule has 11 rings (SSSR count). The van der Waals surface area contributed by atoms with Crippen LogP contribution >= 0.6 is 11.3 Å². The van der Waals surface area contributed by atoms with Gasteiger partial charge in [-0.25, -0.2) is 0 Å². The Hall–Kier alpha value is -6.22. The molecule has 1 nitrogen and oxygen atoms in total. The number of fused-ring (bicyclic) bond motifs is 12. The lowest BCUT2D eigenvalue weighted by Gasteiger charge is -2.14. The lowest BCUT2D eigenvalue weighted by Crippen LogP contribution is -1.93. The van der Waals surface area contributed by atoms with Crippen molar-refractivity contribution < 1.29 is 0 Å². The second-order valence-electron chi connectivity index (χ2n) is 13.3. The molecule has 232 valence electrons. The maximum Gasteiger partial charge on any atom is 0.0547 e. The van der Waals surface area contributed by atoms with E-state index in [0.717, 1.165) is 0 Å². The number of hydrogen-bond acceptors (Lipinski definition) is 1. The van der Waals surface area contributed by atoms with Crippen LogP contribution in [0, 0.1) is 0 Å². The molecule has 0 bridgehead atoms. The average molecular weight is 652 g/mol. The van der Waals surface area contributed by atoms with E-state index in [1.807, 2.05) is 11.3 Å². The van der Waals surface area contributed by atoms with Gasteiger partial charge in [-0.3, -0.25) is 0 Å². The quantitative estimate of drug-likeness (QED) is 0.168. The summed E-state index contributed by atoms with van der Waals surface area (Å²) in [6.07, 6.45) is 0. The Balaban J connectivity index is 1.07. The first-order valence-corrected chi connectivity index (χ1v) is 18.0. The van der Waals surface area contributed by atoms with Crippen LogP contribution in [0.25, 0.3) is 102 Å². The Labute approximate surface area is 292 Å². The summed E-state index contributed by atoms with van der Waals surface area (Å²) in [5.74, 6) is 0. The minimum atomic E-state index is 1.18. The number of benzene rings is 9. The van der Waals surface area contributed by atoms with E-state index in [4.69, 9.17) is 0 Å². The topological polar surface area (TPSA) is 4.93 Å². The van der Waals surface area contributed by atoms with E-state index in [2.05, 4.69) is 180 Å². The molecule has 0 amide bonds.